The smallest absolute Gasteiger partial charge is 0.0516 e. The SMILES string of the molecule is CC(C)(N)c1cc(Cl)cs1. The van der Waals surface area contributed by atoms with Crippen LogP contribution >= 0.6 is 22.9 Å². The minimum atomic E-state index is -0.252. The number of halogens is 1. The van der Waals surface area contributed by atoms with Crippen molar-refractivity contribution in [2.75, 3.05) is 0 Å². The molecule has 0 amide bonds. The fourth-order valence-electron chi connectivity index (χ4n) is 0.651. The maximum atomic E-state index is 5.82. The zero-order valence-corrected chi connectivity index (χ0v) is 7.59. The molecule has 0 aliphatic heterocycles. The average Bonchev–Trinajstić information content (AvgIpc) is 2.11. The van der Waals surface area contributed by atoms with Crippen molar-refractivity contribution in [1.29, 1.82) is 0 Å². The summed E-state index contributed by atoms with van der Waals surface area (Å²) >= 11 is 7.32. The Balaban J connectivity index is 2.96. The summed E-state index contributed by atoms with van der Waals surface area (Å²) in [7, 11) is 0. The highest BCUT2D eigenvalue weighted by Crippen LogP contribution is 2.27. The van der Waals surface area contributed by atoms with Gasteiger partial charge in [0.2, 0.25) is 0 Å². The molecule has 0 spiro atoms. The first-order chi connectivity index (χ1) is 4.50. The predicted octanol–water partition coefficient (Wildman–Crippen LogP) is 2.60. The lowest BCUT2D eigenvalue weighted by molar-refractivity contribution is 0.567. The molecule has 1 heterocycles. The van der Waals surface area contributed by atoms with Crippen LogP contribution in [0, 0.1) is 0 Å². The van der Waals surface area contributed by atoms with E-state index in [1.807, 2.05) is 25.3 Å². The molecular formula is C7H10ClNS. The zero-order chi connectivity index (χ0) is 7.78. The van der Waals surface area contributed by atoms with Gasteiger partial charge in [-0.05, 0) is 19.9 Å². The molecule has 0 aliphatic carbocycles. The molecule has 1 nitrogen and oxygen atoms in total. The molecule has 0 radical (unpaired) electrons. The van der Waals surface area contributed by atoms with E-state index in [2.05, 4.69) is 0 Å². The van der Waals surface area contributed by atoms with Crippen LogP contribution < -0.4 is 5.73 Å². The van der Waals surface area contributed by atoms with Crippen LogP contribution in [-0.4, -0.2) is 0 Å². The van der Waals surface area contributed by atoms with Gasteiger partial charge >= 0.3 is 0 Å². The van der Waals surface area contributed by atoms with E-state index in [4.69, 9.17) is 17.3 Å². The first-order valence-electron chi connectivity index (χ1n) is 3.03. The van der Waals surface area contributed by atoms with Gasteiger partial charge in [-0.15, -0.1) is 11.3 Å². The molecule has 56 valence electrons. The van der Waals surface area contributed by atoms with E-state index < -0.39 is 0 Å². The van der Waals surface area contributed by atoms with Crippen molar-refractivity contribution in [3.63, 3.8) is 0 Å². The van der Waals surface area contributed by atoms with E-state index >= 15 is 0 Å². The van der Waals surface area contributed by atoms with Crippen LogP contribution in [0.4, 0.5) is 0 Å². The Labute approximate surface area is 69.8 Å². The molecule has 0 bridgehead atoms. The van der Waals surface area contributed by atoms with E-state index in [0.717, 1.165) is 9.90 Å². The van der Waals surface area contributed by atoms with Crippen molar-refractivity contribution in [3.05, 3.63) is 21.3 Å². The standard InChI is InChI=1S/C7H10ClNS/c1-7(2,9)6-3-5(8)4-10-6/h3-4H,9H2,1-2H3. The summed E-state index contributed by atoms with van der Waals surface area (Å²) in [5.41, 5.74) is 5.57. The number of hydrogen-bond donors (Lipinski definition) is 1. The average molecular weight is 176 g/mol. The Morgan fingerprint density at radius 3 is 2.40 bits per heavy atom. The summed E-state index contributed by atoms with van der Waals surface area (Å²) in [5, 5.41) is 2.67. The predicted molar refractivity (Wildman–Crippen MR) is 46.5 cm³/mol. The van der Waals surface area contributed by atoms with E-state index in [1.165, 1.54) is 0 Å². The van der Waals surface area contributed by atoms with Gasteiger partial charge in [0.1, 0.15) is 0 Å². The highest BCUT2D eigenvalue weighted by molar-refractivity contribution is 7.10. The van der Waals surface area contributed by atoms with Gasteiger partial charge in [-0.1, -0.05) is 11.6 Å². The zero-order valence-electron chi connectivity index (χ0n) is 6.02. The van der Waals surface area contributed by atoms with Crippen LogP contribution in [0.25, 0.3) is 0 Å². The highest BCUT2D eigenvalue weighted by atomic mass is 35.5. The number of nitrogens with two attached hydrogens (primary N) is 1. The lowest BCUT2D eigenvalue weighted by Crippen LogP contribution is -2.27. The molecule has 0 aromatic carbocycles. The lowest BCUT2D eigenvalue weighted by Gasteiger charge is -2.15. The van der Waals surface area contributed by atoms with Crippen LogP contribution in [0.3, 0.4) is 0 Å². The Morgan fingerprint density at radius 1 is 1.60 bits per heavy atom. The molecule has 1 aromatic heterocycles. The van der Waals surface area contributed by atoms with Gasteiger partial charge in [0.25, 0.3) is 0 Å². The molecule has 0 saturated heterocycles. The van der Waals surface area contributed by atoms with Crippen molar-refractivity contribution in [3.8, 4) is 0 Å². The molecule has 1 rings (SSSR count). The highest BCUT2D eigenvalue weighted by Gasteiger charge is 2.15. The number of hydrogen-bond acceptors (Lipinski definition) is 2. The first-order valence-corrected chi connectivity index (χ1v) is 4.29. The van der Waals surface area contributed by atoms with Gasteiger partial charge in [-0.25, -0.2) is 0 Å². The van der Waals surface area contributed by atoms with Crippen molar-refractivity contribution in [2.24, 2.45) is 5.73 Å². The maximum Gasteiger partial charge on any atom is 0.0516 e. The number of rotatable bonds is 1. The van der Waals surface area contributed by atoms with Gasteiger partial charge < -0.3 is 5.73 Å². The molecule has 2 N–H and O–H groups in total. The Bertz CT molecular complexity index is 224. The fourth-order valence-corrected chi connectivity index (χ4v) is 1.76. The van der Waals surface area contributed by atoms with Crippen molar-refractivity contribution in [1.82, 2.24) is 0 Å². The molecule has 0 aliphatic rings. The maximum absolute atomic E-state index is 5.82. The third kappa shape index (κ3) is 1.72. The molecule has 3 heteroatoms. The van der Waals surface area contributed by atoms with E-state index in [0.29, 0.717) is 0 Å². The second-order valence-corrected chi connectivity index (χ2v) is 4.20. The summed E-state index contributed by atoms with van der Waals surface area (Å²) in [6.07, 6.45) is 0. The first kappa shape index (κ1) is 8.05. The van der Waals surface area contributed by atoms with Crippen LogP contribution in [0.2, 0.25) is 5.02 Å². The van der Waals surface area contributed by atoms with Gasteiger partial charge in [0.05, 0.1) is 5.02 Å². The minimum absolute atomic E-state index is 0.252. The molecule has 0 unspecified atom stereocenters. The molecule has 1 aromatic rings. The monoisotopic (exact) mass is 175 g/mol. The van der Waals surface area contributed by atoms with Gasteiger partial charge in [-0.3, -0.25) is 0 Å². The minimum Gasteiger partial charge on any atom is -0.321 e. The molecule has 0 saturated carbocycles. The third-order valence-electron chi connectivity index (χ3n) is 1.20. The van der Waals surface area contributed by atoms with E-state index in [9.17, 15) is 0 Å². The molecule has 10 heavy (non-hydrogen) atoms. The van der Waals surface area contributed by atoms with Gasteiger partial charge in [0, 0.05) is 15.8 Å². The second kappa shape index (κ2) is 2.53. The van der Waals surface area contributed by atoms with Crippen molar-refractivity contribution >= 4 is 22.9 Å². The lowest BCUT2D eigenvalue weighted by atomic mass is 10.1. The summed E-state index contributed by atoms with van der Waals surface area (Å²) in [4.78, 5) is 1.12. The van der Waals surface area contributed by atoms with E-state index in [-0.39, 0.29) is 5.54 Å². The second-order valence-electron chi connectivity index (χ2n) is 2.85. The summed E-state index contributed by atoms with van der Waals surface area (Å²) in [5.74, 6) is 0. The molecule has 0 fully saturated rings. The summed E-state index contributed by atoms with van der Waals surface area (Å²) in [6.45, 7) is 3.93. The van der Waals surface area contributed by atoms with E-state index in [1.54, 1.807) is 11.3 Å². The van der Waals surface area contributed by atoms with Crippen molar-refractivity contribution < 1.29 is 0 Å². The van der Waals surface area contributed by atoms with Crippen LogP contribution in [-0.2, 0) is 5.54 Å². The summed E-state index contributed by atoms with van der Waals surface area (Å²) in [6, 6.07) is 1.91. The van der Waals surface area contributed by atoms with Gasteiger partial charge in [-0.2, -0.15) is 0 Å². The van der Waals surface area contributed by atoms with Crippen LogP contribution in [0.5, 0.6) is 0 Å². The summed E-state index contributed by atoms with van der Waals surface area (Å²) < 4.78 is 0. The Kier molecular flexibility index (Phi) is 2.04. The normalized spacial score (nSPS) is 12.0. The largest absolute Gasteiger partial charge is 0.321 e. The van der Waals surface area contributed by atoms with Crippen LogP contribution in [0.15, 0.2) is 11.4 Å². The Morgan fingerprint density at radius 2 is 2.20 bits per heavy atom. The number of thiophene rings is 1. The molecule has 0 atom stereocenters. The quantitative estimate of drug-likeness (QED) is 0.698. The topological polar surface area (TPSA) is 26.0 Å². The van der Waals surface area contributed by atoms with Gasteiger partial charge in [0.15, 0.2) is 0 Å². The third-order valence-corrected chi connectivity index (χ3v) is 2.82. The van der Waals surface area contributed by atoms with Crippen molar-refractivity contribution in [2.45, 2.75) is 19.4 Å². The Hall–Kier alpha value is -0.0500. The molecular weight excluding hydrogens is 166 g/mol. The fraction of sp³-hybridized carbons (Fsp3) is 0.429. The van der Waals surface area contributed by atoms with Crippen LogP contribution in [0.1, 0.15) is 18.7 Å².